The van der Waals surface area contributed by atoms with Gasteiger partial charge in [0.2, 0.25) is 6.23 Å². The Morgan fingerprint density at radius 2 is 1.74 bits per heavy atom. The largest absolute Gasteiger partial charge is 0.445 e. The van der Waals surface area contributed by atoms with Crippen molar-refractivity contribution in [3.63, 3.8) is 0 Å². The molecule has 1 N–H and O–H groups in total. The van der Waals surface area contributed by atoms with Crippen molar-refractivity contribution >= 4 is 23.7 Å². The van der Waals surface area contributed by atoms with Crippen LogP contribution in [0.1, 0.15) is 24.3 Å². The fraction of sp³-hybridized carbons (Fsp3) is 0.176. The molecule has 2 rings (SSSR count). The van der Waals surface area contributed by atoms with E-state index in [0.717, 1.165) is 5.56 Å². The van der Waals surface area contributed by atoms with Crippen LogP contribution in [-0.2, 0) is 20.9 Å². The number of carbonyl (C=O) groups is 2. The lowest BCUT2D eigenvalue weighted by atomic mass is 10.2. The van der Waals surface area contributed by atoms with Gasteiger partial charge in [-0.1, -0.05) is 60.1 Å². The van der Waals surface area contributed by atoms with E-state index in [2.05, 4.69) is 5.32 Å². The first-order valence-electron chi connectivity index (χ1n) is 6.95. The van der Waals surface area contributed by atoms with Gasteiger partial charge in [-0.2, -0.15) is 0 Å². The van der Waals surface area contributed by atoms with Crippen LogP contribution in [0.25, 0.3) is 0 Å². The highest BCUT2D eigenvalue weighted by atomic mass is 35.5. The predicted molar refractivity (Wildman–Crippen MR) is 85.7 cm³/mol. The lowest BCUT2D eigenvalue weighted by Crippen LogP contribution is -2.32. The minimum absolute atomic E-state index is 0.113. The molecule has 0 heterocycles. The second-order valence-electron chi connectivity index (χ2n) is 4.72. The van der Waals surface area contributed by atoms with Crippen molar-refractivity contribution in [2.45, 2.75) is 19.8 Å². The van der Waals surface area contributed by atoms with Gasteiger partial charge in [0, 0.05) is 17.5 Å². The smallest absolute Gasteiger partial charge is 0.410 e. The molecule has 1 unspecified atom stereocenters. The summed E-state index contributed by atoms with van der Waals surface area (Å²) in [5.74, 6) is -0.543. The highest BCUT2D eigenvalue weighted by Gasteiger charge is 2.20. The Labute approximate surface area is 139 Å². The van der Waals surface area contributed by atoms with E-state index >= 15 is 0 Å². The van der Waals surface area contributed by atoms with E-state index in [1.807, 2.05) is 30.3 Å². The summed E-state index contributed by atoms with van der Waals surface area (Å²) in [5.41, 5.74) is 1.32. The van der Waals surface area contributed by atoms with Crippen LogP contribution in [0.3, 0.4) is 0 Å². The second kappa shape index (κ2) is 8.19. The Morgan fingerprint density at radius 3 is 2.39 bits per heavy atom. The van der Waals surface area contributed by atoms with Crippen LogP contribution in [0.2, 0.25) is 5.02 Å². The van der Waals surface area contributed by atoms with Gasteiger partial charge in [0.05, 0.1) is 0 Å². The first-order chi connectivity index (χ1) is 11.1. The lowest BCUT2D eigenvalue weighted by Gasteiger charge is -2.19. The number of esters is 1. The van der Waals surface area contributed by atoms with Crippen molar-refractivity contribution in [1.82, 2.24) is 5.32 Å². The molecule has 5 nitrogen and oxygen atoms in total. The second-order valence-corrected chi connectivity index (χ2v) is 5.12. The molecule has 0 saturated carbocycles. The number of nitrogens with one attached hydrogen (secondary N) is 1. The summed E-state index contributed by atoms with van der Waals surface area (Å²) in [6.45, 7) is 1.36. The van der Waals surface area contributed by atoms with E-state index in [9.17, 15) is 9.59 Å². The first-order valence-corrected chi connectivity index (χ1v) is 7.33. The third-order valence-corrected chi connectivity index (χ3v) is 3.28. The summed E-state index contributed by atoms with van der Waals surface area (Å²) in [4.78, 5) is 23.2. The topological polar surface area (TPSA) is 64.6 Å². The van der Waals surface area contributed by atoms with Crippen LogP contribution >= 0.6 is 11.6 Å². The molecule has 0 radical (unpaired) electrons. The summed E-state index contributed by atoms with van der Waals surface area (Å²) in [6, 6.07) is 16.0. The normalized spacial score (nSPS) is 11.4. The number of rotatable bonds is 5. The quantitative estimate of drug-likeness (QED) is 0.667. The van der Waals surface area contributed by atoms with Crippen molar-refractivity contribution in [2.24, 2.45) is 0 Å². The number of hydrogen-bond acceptors (Lipinski definition) is 4. The van der Waals surface area contributed by atoms with E-state index in [4.69, 9.17) is 21.1 Å². The summed E-state index contributed by atoms with van der Waals surface area (Å²) in [7, 11) is 0. The standard InChI is InChI=1S/C17H16ClNO4/c1-12(20)23-16(14-9-5-6-10-15(14)18)19-17(21)22-11-13-7-3-2-4-8-13/h2-10,16H,11H2,1H3,(H,19,21). The van der Waals surface area contributed by atoms with E-state index < -0.39 is 18.3 Å². The molecule has 0 spiro atoms. The average molecular weight is 334 g/mol. The van der Waals surface area contributed by atoms with Gasteiger partial charge in [0.25, 0.3) is 0 Å². The van der Waals surface area contributed by atoms with Gasteiger partial charge in [0.1, 0.15) is 6.61 Å². The van der Waals surface area contributed by atoms with Gasteiger partial charge in [-0.05, 0) is 11.6 Å². The maximum Gasteiger partial charge on any atom is 0.410 e. The van der Waals surface area contributed by atoms with Gasteiger partial charge in [-0.25, -0.2) is 4.79 Å². The number of ether oxygens (including phenoxy) is 2. The SMILES string of the molecule is CC(=O)OC(NC(=O)OCc1ccccc1)c1ccccc1Cl. The number of amides is 1. The van der Waals surface area contributed by atoms with E-state index in [0.29, 0.717) is 10.6 Å². The Kier molecular flexibility index (Phi) is 6.00. The molecule has 2 aromatic rings. The maximum atomic E-state index is 11.9. The minimum Gasteiger partial charge on any atom is -0.445 e. The zero-order valence-corrected chi connectivity index (χ0v) is 13.2. The molecule has 0 aromatic heterocycles. The van der Waals surface area contributed by atoms with Gasteiger partial charge in [0.15, 0.2) is 0 Å². The first kappa shape index (κ1) is 16.8. The van der Waals surface area contributed by atoms with Gasteiger partial charge >= 0.3 is 12.1 Å². The zero-order valence-electron chi connectivity index (χ0n) is 12.5. The van der Waals surface area contributed by atoms with Gasteiger partial charge in [-0.3, -0.25) is 10.1 Å². The Bertz CT molecular complexity index is 675. The zero-order chi connectivity index (χ0) is 16.7. The number of benzene rings is 2. The summed E-state index contributed by atoms with van der Waals surface area (Å²) in [5, 5.41) is 2.86. The molecule has 0 aliphatic rings. The fourth-order valence-corrected chi connectivity index (χ4v) is 2.13. The highest BCUT2D eigenvalue weighted by Crippen LogP contribution is 2.23. The number of carbonyl (C=O) groups excluding carboxylic acids is 2. The van der Waals surface area contributed by atoms with Crippen LogP contribution in [0.15, 0.2) is 54.6 Å². The number of alkyl carbamates (subject to hydrolysis) is 1. The van der Waals surface area contributed by atoms with Crippen molar-refractivity contribution in [3.8, 4) is 0 Å². The van der Waals surface area contributed by atoms with Crippen LogP contribution in [0.4, 0.5) is 4.79 Å². The number of halogens is 1. The third-order valence-electron chi connectivity index (χ3n) is 2.93. The average Bonchev–Trinajstić information content (AvgIpc) is 2.53. The van der Waals surface area contributed by atoms with Gasteiger partial charge < -0.3 is 9.47 Å². The minimum atomic E-state index is -1.01. The molecule has 0 fully saturated rings. The molecule has 23 heavy (non-hydrogen) atoms. The van der Waals surface area contributed by atoms with Crippen molar-refractivity contribution < 1.29 is 19.1 Å². The number of hydrogen-bond donors (Lipinski definition) is 1. The van der Waals surface area contributed by atoms with Crippen molar-refractivity contribution in [3.05, 3.63) is 70.7 Å². The maximum absolute atomic E-state index is 11.9. The van der Waals surface area contributed by atoms with Crippen LogP contribution in [0, 0.1) is 0 Å². The van der Waals surface area contributed by atoms with E-state index in [1.165, 1.54) is 6.92 Å². The van der Waals surface area contributed by atoms with Crippen molar-refractivity contribution in [2.75, 3.05) is 0 Å². The third kappa shape index (κ3) is 5.30. The van der Waals surface area contributed by atoms with E-state index in [-0.39, 0.29) is 6.61 Å². The Hall–Kier alpha value is -2.53. The summed E-state index contributed by atoms with van der Waals surface area (Å²) in [6.07, 6.45) is -1.72. The van der Waals surface area contributed by atoms with Crippen LogP contribution in [-0.4, -0.2) is 12.1 Å². The molecule has 2 aromatic carbocycles. The van der Waals surface area contributed by atoms with Gasteiger partial charge in [-0.15, -0.1) is 0 Å². The molecular weight excluding hydrogens is 318 g/mol. The molecule has 0 aliphatic heterocycles. The molecule has 1 atom stereocenters. The Balaban J connectivity index is 2.01. The summed E-state index contributed by atoms with van der Waals surface area (Å²) < 4.78 is 10.2. The Morgan fingerprint density at radius 1 is 1.09 bits per heavy atom. The van der Waals surface area contributed by atoms with Crippen molar-refractivity contribution in [1.29, 1.82) is 0 Å². The van der Waals surface area contributed by atoms with E-state index in [1.54, 1.807) is 24.3 Å². The highest BCUT2D eigenvalue weighted by molar-refractivity contribution is 6.31. The lowest BCUT2D eigenvalue weighted by molar-refractivity contribution is -0.147. The molecular formula is C17H16ClNO4. The predicted octanol–water partition coefficient (Wildman–Crippen LogP) is 3.83. The monoisotopic (exact) mass is 333 g/mol. The fourth-order valence-electron chi connectivity index (χ4n) is 1.90. The molecule has 120 valence electrons. The summed E-state index contributed by atoms with van der Waals surface area (Å²) >= 11 is 6.08. The molecule has 0 aliphatic carbocycles. The molecule has 1 amide bonds. The molecule has 0 saturated heterocycles. The van der Waals surface area contributed by atoms with Crippen LogP contribution in [0.5, 0.6) is 0 Å². The molecule has 6 heteroatoms. The molecule has 0 bridgehead atoms. The van der Waals surface area contributed by atoms with Crippen LogP contribution < -0.4 is 5.32 Å².